The number of hydrogen-bond donors (Lipinski definition) is 1. The molecular formula is C16H17ClN2O2. The second-order valence-electron chi connectivity index (χ2n) is 4.79. The van der Waals surface area contributed by atoms with Crippen LogP contribution < -0.4 is 10.1 Å². The number of hydrogen-bond acceptors (Lipinski definition) is 3. The van der Waals surface area contributed by atoms with Gasteiger partial charge in [0.2, 0.25) is 5.88 Å². The molecule has 1 N–H and O–H groups in total. The molecule has 0 aliphatic heterocycles. The summed E-state index contributed by atoms with van der Waals surface area (Å²) in [5.74, 6) is 0.129. The van der Waals surface area contributed by atoms with Crippen molar-refractivity contribution in [3.63, 3.8) is 0 Å². The standard InChI is InChI=1S/C16H17ClN2O2/c1-11(8-12-6-4-3-5-7-12)18-16(20)13-9-14(17)19-15(10-13)21-2/h3-7,9-11H,8H2,1-2H3,(H,18,20). The molecule has 1 aromatic carbocycles. The molecule has 0 fully saturated rings. The highest BCUT2D eigenvalue weighted by molar-refractivity contribution is 6.29. The van der Waals surface area contributed by atoms with Gasteiger partial charge in [-0.15, -0.1) is 0 Å². The molecular weight excluding hydrogens is 288 g/mol. The van der Waals surface area contributed by atoms with Crippen LogP contribution >= 0.6 is 11.6 Å². The van der Waals surface area contributed by atoms with E-state index in [-0.39, 0.29) is 17.1 Å². The average Bonchev–Trinajstić information content (AvgIpc) is 2.47. The van der Waals surface area contributed by atoms with Crippen LogP contribution in [-0.4, -0.2) is 24.0 Å². The zero-order valence-electron chi connectivity index (χ0n) is 12.0. The molecule has 0 spiro atoms. The van der Waals surface area contributed by atoms with E-state index in [9.17, 15) is 4.79 Å². The van der Waals surface area contributed by atoms with E-state index < -0.39 is 0 Å². The lowest BCUT2D eigenvalue weighted by Crippen LogP contribution is -2.34. The Hall–Kier alpha value is -2.07. The van der Waals surface area contributed by atoms with Crippen molar-refractivity contribution in [3.8, 4) is 5.88 Å². The van der Waals surface area contributed by atoms with Crippen molar-refractivity contribution < 1.29 is 9.53 Å². The van der Waals surface area contributed by atoms with Gasteiger partial charge in [0.15, 0.2) is 0 Å². The van der Waals surface area contributed by atoms with Crippen LogP contribution in [0.1, 0.15) is 22.8 Å². The summed E-state index contributed by atoms with van der Waals surface area (Å²) < 4.78 is 5.01. The van der Waals surface area contributed by atoms with Crippen molar-refractivity contribution in [2.75, 3.05) is 7.11 Å². The Labute approximate surface area is 129 Å². The predicted molar refractivity (Wildman–Crippen MR) is 82.9 cm³/mol. The summed E-state index contributed by atoms with van der Waals surface area (Å²) >= 11 is 5.87. The number of carbonyl (C=O) groups is 1. The van der Waals surface area contributed by atoms with Gasteiger partial charge in [-0.05, 0) is 25.0 Å². The molecule has 0 aliphatic carbocycles. The quantitative estimate of drug-likeness (QED) is 0.864. The van der Waals surface area contributed by atoms with Gasteiger partial charge in [0.1, 0.15) is 5.15 Å². The predicted octanol–water partition coefficient (Wildman–Crippen LogP) is 3.10. The Morgan fingerprint density at radius 3 is 2.71 bits per heavy atom. The molecule has 110 valence electrons. The number of pyridine rings is 1. The lowest BCUT2D eigenvalue weighted by molar-refractivity contribution is 0.0939. The first-order valence-corrected chi connectivity index (χ1v) is 7.02. The van der Waals surface area contributed by atoms with Crippen LogP contribution in [0.25, 0.3) is 0 Å². The van der Waals surface area contributed by atoms with E-state index in [0.717, 1.165) is 6.42 Å². The Morgan fingerprint density at radius 2 is 2.05 bits per heavy atom. The number of rotatable bonds is 5. The van der Waals surface area contributed by atoms with Gasteiger partial charge in [-0.25, -0.2) is 4.98 Å². The summed E-state index contributed by atoms with van der Waals surface area (Å²) in [7, 11) is 1.48. The first-order chi connectivity index (χ1) is 10.1. The zero-order chi connectivity index (χ0) is 15.2. The van der Waals surface area contributed by atoms with Gasteiger partial charge in [0.05, 0.1) is 7.11 Å². The highest BCUT2D eigenvalue weighted by atomic mass is 35.5. The van der Waals surface area contributed by atoms with E-state index in [1.54, 1.807) is 6.07 Å². The van der Waals surface area contributed by atoms with Crippen molar-refractivity contribution in [3.05, 3.63) is 58.7 Å². The summed E-state index contributed by atoms with van der Waals surface area (Å²) in [6.45, 7) is 1.96. The molecule has 1 atom stereocenters. The minimum Gasteiger partial charge on any atom is -0.481 e. The largest absolute Gasteiger partial charge is 0.481 e. The van der Waals surface area contributed by atoms with Crippen molar-refractivity contribution in [1.29, 1.82) is 0 Å². The van der Waals surface area contributed by atoms with Crippen molar-refractivity contribution in [2.24, 2.45) is 0 Å². The highest BCUT2D eigenvalue weighted by Crippen LogP contribution is 2.16. The Morgan fingerprint density at radius 1 is 1.33 bits per heavy atom. The molecule has 1 unspecified atom stereocenters. The fourth-order valence-electron chi connectivity index (χ4n) is 2.03. The van der Waals surface area contributed by atoms with Gasteiger partial charge < -0.3 is 10.1 Å². The number of ether oxygens (including phenoxy) is 1. The second kappa shape index (κ2) is 7.09. The lowest BCUT2D eigenvalue weighted by atomic mass is 10.1. The average molecular weight is 305 g/mol. The fraction of sp³-hybridized carbons (Fsp3) is 0.250. The highest BCUT2D eigenvalue weighted by Gasteiger charge is 2.13. The molecule has 0 saturated carbocycles. The van der Waals surface area contributed by atoms with E-state index in [2.05, 4.69) is 10.3 Å². The zero-order valence-corrected chi connectivity index (χ0v) is 12.7. The van der Waals surface area contributed by atoms with E-state index >= 15 is 0 Å². The molecule has 0 aliphatic rings. The smallest absolute Gasteiger partial charge is 0.251 e. The van der Waals surface area contributed by atoms with Crippen LogP contribution in [0.5, 0.6) is 5.88 Å². The Balaban J connectivity index is 2.02. The monoisotopic (exact) mass is 304 g/mol. The summed E-state index contributed by atoms with van der Waals surface area (Å²) in [4.78, 5) is 16.2. The Kier molecular flexibility index (Phi) is 5.17. The number of amides is 1. The van der Waals surface area contributed by atoms with Crippen LogP contribution in [0.4, 0.5) is 0 Å². The van der Waals surface area contributed by atoms with E-state index in [0.29, 0.717) is 11.4 Å². The summed E-state index contributed by atoms with van der Waals surface area (Å²) in [5, 5.41) is 3.17. The molecule has 0 saturated heterocycles. The topological polar surface area (TPSA) is 51.2 Å². The van der Waals surface area contributed by atoms with Gasteiger partial charge in [-0.2, -0.15) is 0 Å². The minimum atomic E-state index is -0.193. The minimum absolute atomic E-state index is 0.0119. The number of aromatic nitrogens is 1. The van der Waals surface area contributed by atoms with Gasteiger partial charge in [-0.3, -0.25) is 4.79 Å². The number of benzene rings is 1. The van der Waals surface area contributed by atoms with E-state index in [4.69, 9.17) is 16.3 Å². The molecule has 4 nitrogen and oxygen atoms in total. The molecule has 0 radical (unpaired) electrons. The van der Waals surface area contributed by atoms with Crippen LogP contribution in [0.3, 0.4) is 0 Å². The first-order valence-electron chi connectivity index (χ1n) is 6.65. The number of carbonyl (C=O) groups excluding carboxylic acids is 1. The normalized spacial score (nSPS) is 11.8. The molecule has 5 heteroatoms. The third kappa shape index (κ3) is 4.46. The van der Waals surface area contributed by atoms with Gasteiger partial charge in [0, 0.05) is 17.7 Å². The molecule has 21 heavy (non-hydrogen) atoms. The maximum Gasteiger partial charge on any atom is 0.251 e. The van der Waals surface area contributed by atoms with Crippen LogP contribution in [0.15, 0.2) is 42.5 Å². The van der Waals surface area contributed by atoms with Crippen molar-refractivity contribution >= 4 is 17.5 Å². The van der Waals surface area contributed by atoms with Gasteiger partial charge in [0.25, 0.3) is 5.91 Å². The van der Waals surface area contributed by atoms with Crippen molar-refractivity contribution in [1.82, 2.24) is 10.3 Å². The maximum absolute atomic E-state index is 12.2. The maximum atomic E-state index is 12.2. The number of nitrogens with one attached hydrogen (secondary N) is 1. The summed E-state index contributed by atoms with van der Waals surface area (Å²) in [5.41, 5.74) is 1.61. The van der Waals surface area contributed by atoms with Crippen molar-refractivity contribution in [2.45, 2.75) is 19.4 Å². The summed E-state index contributed by atoms with van der Waals surface area (Å²) in [6.07, 6.45) is 0.766. The molecule has 0 bridgehead atoms. The second-order valence-corrected chi connectivity index (χ2v) is 5.17. The molecule has 2 aromatic rings. The SMILES string of the molecule is COc1cc(C(=O)NC(C)Cc2ccccc2)cc(Cl)n1. The molecule has 2 rings (SSSR count). The van der Waals surface area contributed by atoms with Gasteiger partial charge >= 0.3 is 0 Å². The number of nitrogens with zero attached hydrogens (tertiary/aromatic N) is 1. The van der Waals surface area contributed by atoms with Crippen LogP contribution in [-0.2, 0) is 6.42 Å². The molecule has 1 amide bonds. The molecule has 1 aromatic heterocycles. The fourth-order valence-corrected chi connectivity index (χ4v) is 2.24. The van der Waals surface area contributed by atoms with E-state index in [1.165, 1.54) is 18.7 Å². The number of methoxy groups -OCH3 is 1. The lowest BCUT2D eigenvalue weighted by Gasteiger charge is -2.14. The van der Waals surface area contributed by atoms with Crippen LogP contribution in [0, 0.1) is 0 Å². The Bertz CT molecular complexity index is 617. The van der Waals surface area contributed by atoms with E-state index in [1.807, 2.05) is 37.3 Å². The molecule has 1 heterocycles. The third-order valence-electron chi connectivity index (χ3n) is 3.00. The summed E-state index contributed by atoms with van der Waals surface area (Å²) in [6, 6.07) is 13.1. The van der Waals surface area contributed by atoms with Crippen LogP contribution in [0.2, 0.25) is 5.15 Å². The van der Waals surface area contributed by atoms with Gasteiger partial charge in [-0.1, -0.05) is 41.9 Å². The number of halogens is 1. The first kappa shape index (κ1) is 15.3. The third-order valence-corrected chi connectivity index (χ3v) is 3.20.